The number of ether oxygens (including phenoxy) is 2. The SMILES string of the molecule is COc1ccc(OC)c(NC(=O)Cn2ccc3c(Br)cccc32)c1. The molecular weight excluding hydrogens is 372 g/mol. The number of aromatic nitrogens is 1. The number of fused-ring (bicyclic) bond motifs is 1. The molecule has 24 heavy (non-hydrogen) atoms. The van der Waals surface area contributed by atoms with E-state index in [9.17, 15) is 4.79 Å². The molecule has 1 amide bonds. The van der Waals surface area contributed by atoms with E-state index in [2.05, 4.69) is 21.2 Å². The maximum absolute atomic E-state index is 12.4. The highest BCUT2D eigenvalue weighted by atomic mass is 79.9. The van der Waals surface area contributed by atoms with Gasteiger partial charge in [-0.2, -0.15) is 0 Å². The number of nitrogens with one attached hydrogen (secondary N) is 1. The van der Waals surface area contributed by atoms with Gasteiger partial charge in [-0.1, -0.05) is 22.0 Å². The highest BCUT2D eigenvalue weighted by Gasteiger charge is 2.11. The Kier molecular flexibility index (Phi) is 4.76. The van der Waals surface area contributed by atoms with Crippen LogP contribution in [0.2, 0.25) is 0 Å². The molecule has 0 spiro atoms. The average Bonchev–Trinajstić information content (AvgIpc) is 2.99. The number of carbonyl (C=O) groups excluding carboxylic acids is 1. The predicted molar refractivity (Wildman–Crippen MR) is 97.8 cm³/mol. The van der Waals surface area contributed by atoms with Crippen LogP contribution in [0.1, 0.15) is 0 Å². The minimum absolute atomic E-state index is 0.140. The minimum Gasteiger partial charge on any atom is -0.497 e. The van der Waals surface area contributed by atoms with Crippen molar-refractivity contribution in [3.63, 3.8) is 0 Å². The number of hydrogen-bond donors (Lipinski definition) is 1. The lowest BCUT2D eigenvalue weighted by Gasteiger charge is -2.12. The van der Waals surface area contributed by atoms with Gasteiger partial charge >= 0.3 is 0 Å². The van der Waals surface area contributed by atoms with Crippen LogP contribution in [-0.2, 0) is 11.3 Å². The summed E-state index contributed by atoms with van der Waals surface area (Å²) in [6, 6.07) is 13.2. The fraction of sp³-hybridized carbons (Fsp3) is 0.167. The van der Waals surface area contributed by atoms with Crippen molar-refractivity contribution in [2.75, 3.05) is 19.5 Å². The second kappa shape index (κ2) is 6.97. The van der Waals surface area contributed by atoms with Gasteiger partial charge in [0.1, 0.15) is 18.0 Å². The molecule has 124 valence electrons. The van der Waals surface area contributed by atoms with Gasteiger partial charge in [-0.3, -0.25) is 4.79 Å². The molecule has 0 aliphatic carbocycles. The van der Waals surface area contributed by atoms with E-state index in [-0.39, 0.29) is 12.5 Å². The molecule has 1 aromatic heterocycles. The molecule has 5 nitrogen and oxygen atoms in total. The van der Waals surface area contributed by atoms with Crippen molar-refractivity contribution < 1.29 is 14.3 Å². The van der Waals surface area contributed by atoms with E-state index in [4.69, 9.17) is 9.47 Å². The molecule has 3 rings (SSSR count). The molecule has 2 aromatic carbocycles. The highest BCUT2D eigenvalue weighted by Crippen LogP contribution is 2.29. The molecule has 1 heterocycles. The molecule has 0 aliphatic rings. The largest absolute Gasteiger partial charge is 0.497 e. The topological polar surface area (TPSA) is 52.5 Å². The van der Waals surface area contributed by atoms with E-state index in [1.54, 1.807) is 32.4 Å². The number of amides is 1. The van der Waals surface area contributed by atoms with Crippen molar-refractivity contribution >= 4 is 38.4 Å². The zero-order chi connectivity index (χ0) is 17.1. The lowest BCUT2D eigenvalue weighted by atomic mass is 10.2. The van der Waals surface area contributed by atoms with Crippen LogP contribution in [0.5, 0.6) is 11.5 Å². The smallest absolute Gasteiger partial charge is 0.244 e. The Morgan fingerprint density at radius 2 is 2.00 bits per heavy atom. The maximum Gasteiger partial charge on any atom is 0.244 e. The average molecular weight is 389 g/mol. The van der Waals surface area contributed by atoms with E-state index in [1.807, 2.05) is 35.0 Å². The number of halogens is 1. The normalized spacial score (nSPS) is 10.6. The molecule has 0 aliphatic heterocycles. The van der Waals surface area contributed by atoms with Crippen molar-refractivity contribution in [3.8, 4) is 11.5 Å². The van der Waals surface area contributed by atoms with Gasteiger partial charge < -0.3 is 19.4 Å². The minimum atomic E-state index is -0.140. The van der Waals surface area contributed by atoms with Gasteiger partial charge in [-0.05, 0) is 30.3 Å². The summed E-state index contributed by atoms with van der Waals surface area (Å²) in [4.78, 5) is 12.4. The summed E-state index contributed by atoms with van der Waals surface area (Å²) < 4.78 is 13.4. The van der Waals surface area contributed by atoms with E-state index in [1.165, 1.54) is 0 Å². The van der Waals surface area contributed by atoms with Crippen LogP contribution in [0.3, 0.4) is 0 Å². The first-order valence-corrected chi connectivity index (χ1v) is 8.17. The van der Waals surface area contributed by atoms with E-state index >= 15 is 0 Å². The number of nitrogens with zero attached hydrogens (tertiary/aromatic N) is 1. The Morgan fingerprint density at radius 1 is 1.17 bits per heavy atom. The van der Waals surface area contributed by atoms with E-state index < -0.39 is 0 Å². The Hall–Kier alpha value is -2.47. The molecule has 0 fully saturated rings. The van der Waals surface area contributed by atoms with Crippen LogP contribution >= 0.6 is 15.9 Å². The van der Waals surface area contributed by atoms with Crippen LogP contribution in [0.4, 0.5) is 5.69 Å². The third-order valence-electron chi connectivity index (χ3n) is 3.76. The van der Waals surface area contributed by atoms with Gasteiger partial charge in [0.15, 0.2) is 0 Å². The molecule has 1 N–H and O–H groups in total. The summed E-state index contributed by atoms with van der Waals surface area (Å²) in [6.07, 6.45) is 1.90. The van der Waals surface area contributed by atoms with Crippen molar-refractivity contribution in [2.24, 2.45) is 0 Å². The molecule has 0 bridgehead atoms. The van der Waals surface area contributed by atoms with Crippen LogP contribution < -0.4 is 14.8 Å². The Labute approximate surface area is 148 Å². The second-order valence-electron chi connectivity index (χ2n) is 5.23. The number of hydrogen-bond acceptors (Lipinski definition) is 3. The van der Waals surface area contributed by atoms with Gasteiger partial charge in [-0.25, -0.2) is 0 Å². The molecule has 6 heteroatoms. The summed E-state index contributed by atoms with van der Waals surface area (Å²) in [5, 5.41) is 3.95. The molecule has 0 unspecified atom stereocenters. The lowest BCUT2D eigenvalue weighted by Crippen LogP contribution is -2.18. The quantitative estimate of drug-likeness (QED) is 0.716. The van der Waals surface area contributed by atoms with Gasteiger partial charge in [0.05, 0.1) is 19.9 Å². The van der Waals surface area contributed by atoms with Crippen LogP contribution in [0.15, 0.2) is 53.1 Å². The zero-order valence-corrected chi connectivity index (χ0v) is 15.0. The van der Waals surface area contributed by atoms with Crippen molar-refractivity contribution in [3.05, 3.63) is 53.1 Å². The predicted octanol–water partition coefficient (Wildman–Crippen LogP) is 4.06. The fourth-order valence-corrected chi connectivity index (χ4v) is 3.07. The summed E-state index contributed by atoms with van der Waals surface area (Å²) in [7, 11) is 3.14. The first-order valence-electron chi connectivity index (χ1n) is 7.37. The van der Waals surface area contributed by atoms with E-state index in [0.717, 1.165) is 15.4 Å². The number of methoxy groups -OCH3 is 2. The Balaban J connectivity index is 1.81. The van der Waals surface area contributed by atoms with Gasteiger partial charge in [0.2, 0.25) is 5.91 Å². The molecule has 3 aromatic rings. The lowest BCUT2D eigenvalue weighted by molar-refractivity contribution is -0.116. The van der Waals surface area contributed by atoms with Gasteiger partial charge in [0, 0.05) is 27.6 Å². The second-order valence-corrected chi connectivity index (χ2v) is 6.09. The fourth-order valence-electron chi connectivity index (χ4n) is 2.58. The molecular formula is C18H17BrN2O3. The zero-order valence-electron chi connectivity index (χ0n) is 13.4. The third kappa shape index (κ3) is 3.23. The van der Waals surface area contributed by atoms with Crippen LogP contribution in [0.25, 0.3) is 10.9 Å². The van der Waals surface area contributed by atoms with Crippen molar-refractivity contribution in [2.45, 2.75) is 6.54 Å². The Bertz CT molecular complexity index is 889. The monoisotopic (exact) mass is 388 g/mol. The number of rotatable bonds is 5. The summed E-state index contributed by atoms with van der Waals surface area (Å²) in [6.45, 7) is 0.209. The maximum atomic E-state index is 12.4. The molecule has 0 saturated carbocycles. The highest BCUT2D eigenvalue weighted by molar-refractivity contribution is 9.10. The van der Waals surface area contributed by atoms with Crippen molar-refractivity contribution in [1.82, 2.24) is 4.57 Å². The first kappa shape index (κ1) is 16.4. The molecule has 0 radical (unpaired) electrons. The van der Waals surface area contributed by atoms with Crippen molar-refractivity contribution in [1.29, 1.82) is 0 Å². The number of carbonyl (C=O) groups is 1. The Morgan fingerprint density at radius 3 is 2.75 bits per heavy atom. The third-order valence-corrected chi connectivity index (χ3v) is 4.45. The number of benzene rings is 2. The van der Waals surface area contributed by atoms with Crippen LogP contribution in [0, 0.1) is 0 Å². The summed E-state index contributed by atoms with van der Waals surface area (Å²) in [5.74, 6) is 1.10. The standard InChI is InChI=1S/C18H17BrN2O3/c1-23-12-6-7-17(24-2)15(10-12)20-18(22)11-21-9-8-13-14(19)4-3-5-16(13)21/h3-10H,11H2,1-2H3,(H,20,22). The summed E-state index contributed by atoms with van der Waals surface area (Å²) in [5.41, 5.74) is 1.58. The van der Waals surface area contributed by atoms with E-state index in [0.29, 0.717) is 17.2 Å². The first-order chi connectivity index (χ1) is 11.6. The number of anilines is 1. The van der Waals surface area contributed by atoms with Gasteiger partial charge in [-0.15, -0.1) is 0 Å². The molecule has 0 saturated heterocycles. The molecule has 0 atom stereocenters. The van der Waals surface area contributed by atoms with Gasteiger partial charge in [0.25, 0.3) is 0 Å². The van der Waals surface area contributed by atoms with Crippen LogP contribution in [-0.4, -0.2) is 24.7 Å². The summed E-state index contributed by atoms with van der Waals surface area (Å²) >= 11 is 3.52.